The van der Waals surface area contributed by atoms with Crippen molar-refractivity contribution in [1.29, 1.82) is 0 Å². The lowest BCUT2D eigenvalue weighted by Gasteiger charge is -2.28. The number of piperidine rings is 1. The third-order valence-corrected chi connectivity index (χ3v) is 3.07. The molecule has 0 aromatic carbocycles. The van der Waals surface area contributed by atoms with Crippen molar-refractivity contribution >= 4 is 17.6 Å². The van der Waals surface area contributed by atoms with Crippen molar-refractivity contribution in [3.05, 3.63) is 12.4 Å². The summed E-state index contributed by atoms with van der Waals surface area (Å²) in [7, 11) is 1.49. The normalized spacial score (nSPS) is 19.1. The Hall–Kier alpha value is -2.18. The molecule has 1 aromatic heterocycles. The highest BCUT2D eigenvalue weighted by molar-refractivity contribution is 6.01. The Kier molecular flexibility index (Phi) is 4.49. The van der Waals surface area contributed by atoms with Crippen LogP contribution < -0.4 is 10.1 Å². The summed E-state index contributed by atoms with van der Waals surface area (Å²) in [4.78, 5) is 32.6. The molecule has 1 N–H and O–H groups in total. The van der Waals surface area contributed by atoms with Gasteiger partial charge in [-0.2, -0.15) is 0 Å². The Morgan fingerprint density at radius 3 is 3.00 bits per heavy atom. The van der Waals surface area contributed by atoms with Gasteiger partial charge in [0.05, 0.1) is 6.61 Å². The number of imide groups is 1. The molecule has 1 aliphatic heterocycles. The van der Waals surface area contributed by atoms with Crippen molar-refractivity contribution in [3.8, 4) is 5.88 Å². The van der Waals surface area contributed by atoms with E-state index in [9.17, 15) is 9.59 Å². The molecule has 1 atom stereocenters. The molecule has 7 nitrogen and oxygen atoms in total. The van der Waals surface area contributed by atoms with Crippen molar-refractivity contribution in [2.45, 2.75) is 32.2 Å². The lowest BCUT2D eigenvalue weighted by Crippen LogP contribution is -2.48. The summed E-state index contributed by atoms with van der Waals surface area (Å²) >= 11 is 0. The van der Waals surface area contributed by atoms with Crippen molar-refractivity contribution < 1.29 is 14.3 Å². The molecular weight excluding hydrogens is 260 g/mol. The molecule has 0 aliphatic carbocycles. The maximum atomic E-state index is 12.0. The first kappa shape index (κ1) is 14.2. The minimum absolute atomic E-state index is 0.150. The number of aromatic nitrogens is 2. The molecule has 7 heteroatoms. The Morgan fingerprint density at radius 1 is 1.45 bits per heavy atom. The smallest absolute Gasteiger partial charge is 0.251 e. The number of carbonyl (C=O) groups excluding carboxylic acids is 2. The second-order valence-corrected chi connectivity index (χ2v) is 4.62. The zero-order valence-electron chi connectivity index (χ0n) is 11.6. The molecule has 1 saturated heterocycles. The second kappa shape index (κ2) is 6.31. The number of nitrogens with zero attached hydrogens (tertiary/aromatic N) is 3. The summed E-state index contributed by atoms with van der Waals surface area (Å²) in [6.07, 6.45) is 3.09. The fourth-order valence-electron chi connectivity index (χ4n) is 1.93. The predicted octanol–water partition coefficient (Wildman–Crippen LogP) is 0.825. The topological polar surface area (TPSA) is 84.4 Å². The highest BCUT2D eigenvalue weighted by atomic mass is 16.5. The van der Waals surface area contributed by atoms with Gasteiger partial charge in [-0.3, -0.25) is 14.5 Å². The molecule has 2 rings (SSSR count). The number of ether oxygens (including phenoxy) is 1. The number of nitrogens with one attached hydrogen (secondary N) is 1. The van der Waals surface area contributed by atoms with Crippen LogP contribution in [0.15, 0.2) is 12.4 Å². The molecular formula is C13H18N4O3. The van der Waals surface area contributed by atoms with Crippen LogP contribution in [0.2, 0.25) is 0 Å². The maximum absolute atomic E-state index is 12.0. The fraction of sp³-hybridized carbons (Fsp3) is 0.538. The molecule has 2 amide bonds. The van der Waals surface area contributed by atoms with Gasteiger partial charge in [-0.25, -0.2) is 9.97 Å². The van der Waals surface area contributed by atoms with Gasteiger partial charge in [0.25, 0.3) is 5.91 Å². The number of rotatable bonds is 5. The highest BCUT2D eigenvalue weighted by Crippen LogP contribution is 2.18. The van der Waals surface area contributed by atoms with E-state index < -0.39 is 6.04 Å². The Labute approximate surface area is 117 Å². The third-order valence-electron chi connectivity index (χ3n) is 3.07. The minimum atomic E-state index is -0.438. The molecule has 0 saturated carbocycles. The largest absolute Gasteiger partial charge is 0.478 e. The quantitative estimate of drug-likeness (QED) is 0.803. The first-order chi connectivity index (χ1) is 9.61. The van der Waals surface area contributed by atoms with E-state index in [1.165, 1.54) is 13.4 Å². The van der Waals surface area contributed by atoms with E-state index in [0.717, 1.165) is 11.3 Å². The van der Waals surface area contributed by atoms with Gasteiger partial charge in [0, 0.05) is 19.5 Å². The third kappa shape index (κ3) is 3.23. The van der Waals surface area contributed by atoms with Crippen LogP contribution in [0.3, 0.4) is 0 Å². The number of amides is 2. The second-order valence-electron chi connectivity index (χ2n) is 4.62. The molecule has 0 spiro atoms. The first-order valence-electron chi connectivity index (χ1n) is 6.63. The van der Waals surface area contributed by atoms with Crippen molar-refractivity contribution in [2.75, 3.05) is 19.0 Å². The summed E-state index contributed by atoms with van der Waals surface area (Å²) in [6, 6.07) is 1.21. The number of anilines is 1. The first-order valence-corrected chi connectivity index (χ1v) is 6.63. The molecule has 0 radical (unpaired) electrons. The zero-order valence-corrected chi connectivity index (χ0v) is 11.6. The van der Waals surface area contributed by atoms with Crippen LogP contribution >= 0.6 is 0 Å². The lowest BCUT2D eigenvalue weighted by atomic mass is 10.0. The van der Waals surface area contributed by atoms with Crippen LogP contribution in [0, 0.1) is 0 Å². The van der Waals surface area contributed by atoms with Gasteiger partial charge in [-0.05, 0) is 12.8 Å². The monoisotopic (exact) mass is 278 g/mol. The standard InChI is InChI=1S/C13H18N4O3/c1-3-6-20-11-7-10(14-8-15-11)16-9-4-5-12(18)17(2)13(9)19/h7-9H,3-6H2,1-2H3,(H,14,15,16). The van der Waals surface area contributed by atoms with Crippen molar-refractivity contribution in [3.63, 3.8) is 0 Å². The SMILES string of the molecule is CCCOc1cc(NC2CCC(=O)N(C)C2=O)ncn1. The van der Waals surface area contributed by atoms with Gasteiger partial charge < -0.3 is 10.1 Å². The number of likely N-dealkylation sites (N-methyl/N-ethyl adjacent to an activating group) is 1. The summed E-state index contributed by atoms with van der Waals surface area (Å²) in [5.41, 5.74) is 0. The van der Waals surface area contributed by atoms with Crippen molar-refractivity contribution in [2.24, 2.45) is 0 Å². The molecule has 108 valence electrons. The van der Waals surface area contributed by atoms with Crippen LogP contribution in [0.1, 0.15) is 26.2 Å². The Bertz CT molecular complexity index is 506. The van der Waals surface area contributed by atoms with E-state index >= 15 is 0 Å². The van der Waals surface area contributed by atoms with Gasteiger partial charge in [0.1, 0.15) is 18.2 Å². The molecule has 20 heavy (non-hydrogen) atoms. The fourth-order valence-corrected chi connectivity index (χ4v) is 1.93. The summed E-state index contributed by atoms with van der Waals surface area (Å²) in [5.74, 6) is 0.600. The molecule has 0 bridgehead atoms. The van der Waals surface area contributed by atoms with Crippen LogP contribution in [0.5, 0.6) is 5.88 Å². The van der Waals surface area contributed by atoms with E-state index in [2.05, 4.69) is 15.3 Å². The number of likely N-dealkylation sites (tertiary alicyclic amines) is 1. The molecule has 1 aliphatic rings. The summed E-state index contributed by atoms with van der Waals surface area (Å²) in [5, 5.41) is 3.02. The number of hydrogen-bond donors (Lipinski definition) is 1. The zero-order chi connectivity index (χ0) is 14.5. The van der Waals surface area contributed by atoms with E-state index in [4.69, 9.17) is 4.74 Å². The predicted molar refractivity (Wildman–Crippen MR) is 72.2 cm³/mol. The average molecular weight is 278 g/mol. The van der Waals surface area contributed by atoms with Crippen LogP contribution in [0.25, 0.3) is 0 Å². The summed E-state index contributed by atoms with van der Waals surface area (Å²) in [6.45, 7) is 2.59. The van der Waals surface area contributed by atoms with E-state index in [0.29, 0.717) is 31.1 Å². The number of carbonyl (C=O) groups is 2. The minimum Gasteiger partial charge on any atom is -0.478 e. The molecule has 1 fully saturated rings. The van der Waals surface area contributed by atoms with Gasteiger partial charge >= 0.3 is 0 Å². The number of hydrogen-bond acceptors (Lipinski definition) is 6. The van der Waals surface area contributed by atoms with Gasteiger partial charge in [0.2, 0.25) is 11.8 Å². The highest BCUT2D eigenvalue weighted by Gasteiger charge is 2.31. The van der Waals surface area contributed by atoms with E-state index in [1.807, 2.05) is 6.92 Å². The maximum Gasteiger partial charge on any atom is 0.251 e. The van der Waals surface area contributed by atoms with Gasteiger partial charge in [0.15, 0.2) is 0 Å². The summed E-state index contributed by atoms with van der Waals surface area (Å²) < 4.78 is 5.41. The van der Waals surface area contributed by atoms with Crippen LogP contribution in [-0.2, 0) is 9.59 Å². The van der Waals surface area contributed by atoms with Gasteiger partial charge in [-0.15, -0.1) is 0 Å². The van der Waals surface area contributed by atoms with E-state index in [-0.39, 0.29) is 11.8 Å². The van der Waals surface area contributed by atoms with E-state index in [1.54, 1.807) is 6.07 Å². The van der Waals surface area contributed by atoms with Gasteiger partial charge in [-0.1, -0.05) is 6.92 Å². The molecule has 2 heterocycles. The van der Waals surface area contributed by atoms with Crippen molar-refractivity contribution in [1.82, 2.24) is 14.9 Å². The molecule has 1 aromatic rings. The van der Waals surface area contributed by atoms with Crippen LogP contribution in [0.4, 0.5) is 5.82 Å². The average Bonchev–Trinajstić information content (AvgIpc) is 2.46. The van der Waals surface area contributed by atoms with Crippen LogP contribution in [-0.4, -0.2) is 46.4 Å². The Balaban J connectivity index is 2.02. The lowest BCUT2D eigenvalue weighted by molar-refractivity contribution is -0.146. The molecule has 1 unspecified atom stereocenters. The Morgan fingerprint density at radius 2 is 2.25 bits per heavy atom.